The van der Waals surface area contributed by atoms with Gasteiger partial charge in [0.05, 0.1) is 0 Å². The second kappa shape index (κ2) is 2.91. The maximum atomic E-state index is 10.2. The number of nitrogens with zero attached hydrogens (tertiary/aromatic N) is 1. The number of hydrogen-bond acceptors (Lipinski definition) is 3. The van der Waals surface area contributed by atoms with Crippen molar-refractivity contribution in [3.8, 4) is 0 Å². The summed E-state index contributed by atoms with van der Waals surface area (Å²) in [7, 11) is 1.22. The minimum absolute atomic E-state index is 0.273. The van der Waals surface area contributed by atoms with Gasteiger partial charge in [-0.2, -0.15) is 8.42 Å². The second-order valence-electron chi connectivity index (χ2n) is 1.08. The molecule has 0 atom stereocenters. The van der Waals surface area contributed by atoms with Gasteiger partial charge in [-0.15, -0.1) is 3.71 Å². The molecule has 0 fully saturated rings. The van der Waals surface area contributed by atoms with Crippen LogP contribution in [-0.2, 0) is 9.24 Å². The minimum Gasteiger partial charge on any atom is -0.194 e. The summed E-state index contributed by atoms with van der Waals surface area (Å²) in [6, 6.07) is 0. The van der Waals surface area contributed by atoms with Crippen LogP contribution in [-0.4, -0.2) is 18.7 Å². The predicted molar refractivity (Wildman–Crippen MR) is 36.1 cm³/mol. The van der Waals surface area contributed by atoms with Crippen molar-refractivity contribution in [2.45, 2.75) is 6.92 Å². The molecule has 0 amide bonds. The van der Waals surface area contributed by atoms with Gasteiger partial charge < -0.3 is 0 Å². The van der Waals surface area contributed by atoms with E-state index >= 15 is 0 Å². The molecular weight excluding hydrogens is 170 g/mol. The lowest BCUT2D eigenvalue weighted by Gasteiger charge is -2.04. The van der Waals surface area contributed by atoms with Gasteiger partial charge in [0.2, 0.25) is 0 Å². The lowest BCUT2D eigenvalue weighted by molar-refractivity contribution is 0.568. The van der Waals surface area contributed by atoms with Gasteiger partial charge in [-0.3, -0.25) is 0 Å². The fraction of sp³-hybridized carbons (Fsp3) is 1.00. The highest BCUT2D eigenvalue weighted by atomic mass is 35.7. The van der Waals surface area contributed by atoms with Crippen LogP contribution in [0.15, 0.2) is 0 Å². The van der Waals surface area contributed by atoms with Crippen LogP contribution in [0.5, 0.6) is 0 Å². The molecule has 0 aliphatic rings. The van der Waals surface area contributed by atoms with Crippen molar-refractivity contribution < 1.29 is 8.42 Å². The number of halogens is 1. The van der Waals surface area contributed by atoms with Gasteiger partial charge in [-0.1, -0.05) is 19.7 Å². The summed E-state index contributed by atoms with van der Waals surface area (Å²) < 4.78 is 21.1. The highest BCUT2D eigenvalue weighted by Gasteiger charge is 2.10. The molecule has 0 radical (unpaired) electrons. The predicted octanol–water partition coefficient (Wildman–Crippen LogP) is 0.637. The Hall–Kier alpha value is 0.550. The first-order valence-electron chi connectivity index (χ1n) is 1.89. The van der Waals surface area contributed by atoms with Crippen LogP contribution in [0.4, 0.5) is 0 Å². The van der Waals surface area contributed by atoms with E-state index in [1.807, 2.05) is 0 Å². The average molecular weight is 176 g/mol. The van der Waals surface area contributed by atoms with Crippen molar-refractivity contribution in [3.05, 3.63) is 0 Å². The van der Waals surface area contributed by atoms with Gasteiger partial charge in [0.25, 0.3) is 0 Å². The fourth-order valence-electron chi connectivity index (χ4n) is 0.154. The molecule has 0 saturated heterocycles. The zero-order valence-corrected chi connectivity index (χ0v) is 6.67. The number of rotatable bonds is 2. The van der Waals surface area contributed by atoms with E-state index in [0.717, 1.165) is 3.71 Å². The molecule has 0 heterocycles. The third kappa shape index (κ3) is 2.76. The zero-order chi connectivity index (χ0) is 6.78. The Morgan fingerprint density at radius 3 is 2.12 bits per heavy atom. The Bertz CT molecular complexity index is 153. The van der Waals surface area contributed by atoms with Gasteiger partial charge in [0.15, 0.2) is 0 Å². The van der Waals surface area contributed by atoms with Gasteiger partial charge in [-0.25, -0.2) is 0 Å². The van der Waals surface area contributed by atoms with E-state index in [0.29, 0.717) is 0 Å². The topological polar surface area (TPSA) is 37.4 Å². The molecule has 0 rings (SSSR count). The van der Waals surface area contributed by atoms with Crippen molar-refractivity contribution in [1.29, 1.82) is 0 Å². The van der Waals surface area contributed by atoms with E-state index in [9.17, 15) is 8.42 Å². The van der Waals surface area contributed by atoms with Crippen molar-refractivity contribution in [2.75, 3.05) is 6.54 Å². The lowest BCUT2D eigenvalue weighted by Crippen LogP contribution is -2.15. The Kier molecular flexibility index (Phi) is 3.11. The normalized spacial score (nSPS) is 12.5. The molecule has 0 aromatic carbocycles. The van der Waals surface area contributed by atoms with Gasteiger partial charge in [0.1, 0.15) is 0 Å². The summed E-state index contributed by atoms with van der Waals surface area (Å²) in [6.45, 7) is 1.90. The van der Waals surface area contributed by atoms with Crippen molar-refractivity contribution in [3.63, 3.8) is 0 Å². The molecule has 50 valence electrons. The fourth-order valence-corrected chi connectivity index (χ4v) is 0.755. The summed E-state index contributed by atoms with van der Waals surface area (Å²) in [5.41, 5.74) is 0. The number of hydrogen-bond donors (Lipinski definition) is 1. The highest BCUT2D eigenvalue weighted by Crippen LogP contribution is 2.06. The first-order chi connectivity index (χ1) is 3.48. The largest absolute Gasteiger partial charge is 0.308 e. The highest BCUT2D eigenvalue weighted by molar-refractivity contribution is 8.16. The third-order valence-electron chi connectivity index (χ3n) is 0.522. The van der Waals surface area contributed by atoms with Crippen LogP contribution < -0.4 is 0 Å². The molecule has 0 aliphatic carbocycles. The van der Waals surface area contributed by atoms with Crippen LogP contribution in [0.1, 0.15) is 6.92 Å². The Balaban J connectivity index is 4.04. The molecule has 3 nitrogen and oxygen atoms in total. The lowest BCUT2D eigenvalue weighted by atomic mass is 10.8. The van der Waals surface area contributed by atoms with Gasteiger partial charge >= 0.3 is 9.24 Å². The summed E-state index contributed by atoms with van der Waals surface area (Å²) in [5, 5.41) is 0. The van der Waals surface area contributed by atoms with E-state index < -0.39 is 9.24 Å². The molecule has 0 saturated carbocycles. The molecule has 0 aromatic rings. The van der Waals surface area contributed by atoms with Gasteiger partial charge in [0, 0.05) is 17.2 Å². The molecule has 0 aromatic heterocycles. The van der Waals surface area contributed by atoms with E-state index in [-0.39, 0.29) is 6.54 Å². The van der Waals surface area contributed by atoms with E-state index in [2.05, 4.69) is 12.8 Å². The summed E-state index contributed by atoms with van der Waals surface area (Å²) in [4.78, 5) is 0. The molecule has 0 spiro atoms. The quantitative estimate of drug-likeness (QED) is 0.494. The van der Waals surface area contributed by atoms with Crippen LogP contribution in [0.25, 0.3) is 0 Å². The Labute approximate surface area is 58.7 Å². The Morgan fingerprint density at radius 1 is 1.75 bits per heavy atom. The number of thiol groups is 1. The Morgan fingerprint density at radius 2 is 2.12 bits per heavy atom. The van der Waals surface area contributed by atoms with Crippen LogP contribution in [0.2, 0.25) is 0 Å². The molecule has 0 aliphatic heterocycles. The zero-order valence-electron chi connectivity index (χ0n) is 4.20. The van der Waals surface area contributed by atoms with E-state index in [4.69, 9.17) is 10.7 Å². The van der Waals surface area contributed by atoms with E-state index in [1.165, 1.54) is 0 Å². The van der Waals surface area contributed by atoms with E-state index in [1.54, 1.807) is 6.92 Å². The average Bonchev–Trinajstić information content (AvgIpc) is 1.62. The molecular formula is C2H6ClNO2S2. The van der Waals surface area contributed by atoms with Crippen molar-refractivity contribution in [2.24, 2.45) is 0 Å². The van der Waals surface area contributed by atoms with Crippen molar-refractivity contribution in [1.82, 2.24) is 3.71 Å². The molecule has 0 bridgehead atoms. The molecule has 0 unspecified atom stereocenters. The van der Waals surface area contributed by atoms with Crippen molar-refractivity contribution >= 4 is 32.7 Å². The van der Waals surface area contributed by atoms with Crippen LogP contribution >= 0.6 is 23.5 Å². The molecule has 6 heteroatoms. The maximum Gasteiger partial charge on any atom is 0.308 e. The second-order valence-corrected chi connectivity index (χ2v) is 4.27. The summed E-state index contributed by atoms with van der Waals surface area (Å²) in [5.74, 6) is 0. The standard InChI is InChI=1S/C2H6ClNO2S2/c1-2-4(7)8(3,5)6/h7H,2H2,1H3. The maximum absolute atomic E-state index is 10.2. The minimum atomic E-state index is -3.58. The van der Waals surface area contributed by atoms with Crippen LogP contribution in [0.3, 0.4) is 0 Å². The summed E-state index contributed by atoms with van der Waals surface area (Å²) in [6.07, 6.45) is 0. The smallest absolute Gasteiger partial charge is 0.194 e. The van der Waals surface area contributed by atoms with Crippen LogP contribution in [0, 0.1) is 0 Å². The molecule has 8 heavy (non-hydrogen) atoms. The third-order valence-corrected chi connectivity index (χ3v) is 3.00. The molecule has 0 N–H and O–H groups in total. The first-order valence-corrected chi connectivity index (χ1v) is 4.56. The van der Waals surface area contributed by atoms with Gasteiger partial charge in [-0.05, 0) is 0 Å². The monoisotopic (exact) mass is 175 g/mol. The first kappa shape index (κ1) is 8.55. The summed E-state index contributed by atoms with van der Waals surface area (Å²) >= 11 is 3.52. The SMILES string of the molecule is CCN(S)S(=O)(=O)Cl.